The second kappa shape index (κ2) is 4.26. The number of hydrogen-bond donors (Lipinski definition) is 2. The molecule has 0 amide bonds. The van der Waals surface area contributed by atoms with E-state index < -0.39 is 22.1 Å². The Morgan fingerprint density at radius 2 is 2.44 bits per heavy atom. The molecule has 7 heteroatoms. The van der Waals surface area contributed by atoms with E-state index in [2.05, 4.69) is 4.98 Å². The third kappa shape index (κ3) is 1.96. The van der Waals surface area contributed by atoms with Gasteiger partial charge in [0.2, 0.25) is 0 Å². The summed E-state index contributed by atoms with van der Waals surface area (Å²) in [6, 6.07) is 1.47. The molecule has 0 spiro atoms. The Kier molecular flexibility index (Phi) is 2.97. The van der Waals surface area contributed by atoms with Gasteiger partial charge in [-0.15, -0.1) is 11.8 Å². The van der Waals surface area contributed by atoms with Crippen LogP contribution in [0.5, 0.6) is 0 Å². The number of hydrogen-bond acceptors (Lipinski definition) is 5. The summed E-state index contributed by atoms with van der Waals surface area (Å²) in [4.78, 5) is 15.0. The number of nitrogens with zero attached hydrogens (tertiary/aromatic N) is 2. The summed E-state index contributed by atoms with van der Waals surface area (Å²) in [5, 5.41) is 7.81. The van der Waals surface area contributed by atoms with Gasteiger partial charge in [0.15, 0.2) is 0 Å². The highest BCUT2D eigenvalue weighted by Gasteiger charge is 2.28. The molecule has 0 fully saturated rings. The Bertz CT molecular complexity index is 488. The van der Waals surface area contributed by atoms with Crippen molar-refractivity contribution in [2.24, 2.45) is 0 Å². The van der Waals surface area contributed by atoms with E-state index in [9.17, 15) is 9.18 Å². The molecule has 1 aromatic heterocycles. The number of nitrogen functional groups attached to an aromatic ring is 1. The fourth-order valence-corrected chi connectivity index (χ4v) is 2.54. The van der Waals surface area contributed by atoms with Crippen molar-refractivity contribution in [3.05, 3.63) is 34.7 Å². The first-order valence-electron chi connectivity index (χ1n) is 4.60. The van der Waals surface area contributed by atoms with Crippen molar-refractivity contribution in [3.63, 3.8) is 0 Å². The van der Waals surface area contributed by atoms with Crippen LogP contribution in [-0.4, -0.2) is 26.5 Å². The minimum atomic E-state index is -0.602. The van der Waals surface area contributed by atoms with Crippen molar-refractivity contribution in [1.82, 2.24) is 9.55 Å². The fourth-order valence-electron chi connectivity index (χ4n) is 1.41. The Morgan fingerprint density at radius 1 is 1.69 bits per heavy atom. The number of halogens is 1. The molecule has 5 nitrogen and oxygen atoms in total. The van der Waals surface area contributed by atoms with Gasteiger partial charge in [-0.1, -0.05) is 0 Å². The van der Waals surface area contributed by atoms with Crippen LogP contribution in [0.2, 0.25) is 0 Å². The van der Waals surface area contributed by atoms with Gasteiger partial charge in [0.1, 0.15) is 17.0 Å². The van der Waals surface area contributed by atoms with E-state index in [0.29, 0.717) is 0 Å². The zero-order valence-electron chi connectivity index (χ0n) is 8.21. The van der Waals surface area contributed by atoms with E-state index in [1.54, 1.807) is 0 Å². The standard InChI is InChI=1S/C9H10FN3O2S/c10-5-3-8(16-6(5)4-14)13-2-1-7(11)12-9(13)15/h1-3,6,8,14H,4H2,(H2,11,12,15)/t6-,8-/m1/s1. The molecule has 1 aromatic rings. The van der Waals surface area contributed by atoms with Crippen molar-refractivity contribution in [2.45, 2.75) is 10.6 Å². The van der Waals surface area contributed by atoms with Gasteiger partial charge in [0.05, 0.1) is 11.9 Å². The molecule has 0 radical (unpaired) electrons. The maximum Gasteiger partial charge on any atom is 0.350 e. The highest BCUT2D eigenvalue weighted by Crippen LogP contribution is 2.39. The third-order valence-electron chi connectivity index (χ3n) is 2.20. The van der Waals surface area contributed by atoms with E-state index in [1.807, 2.05) is 0 Å². The summed E-state index contributed by atoms with van der Waals surface area (Å²) in [6.45, 7) is -0.291. The lowest BCUT2D eigenvalue weighted by atomic mass is 10.3. The first-order valence-corrected chi connectivity index (χ1v) is 5.54. The number of aliphatic hydroxyl groups is 1. The molecule has 0 saturated heterocycles. The highest BCUT2D eigenvalue weighted by molar-refractivity contribution is 8.00. The highest BCUT2D eigenvalue weighted by atomic mass is 32.2. The molecular formula is C9H10FN3O2S. The number of nitrogens with two attached hydrogens (primary N) is 1. The van der Waals surface area contributed by atoms with Crippen LogP contribution in [0.3, 0.4) is 0 Å². The average Bonchev–Trinajstić information content (AvgIpc) is 2.59. The van der Waals surface area contributed by atoms with Gasteiger partial charge >= 0.3 is 5.69 Å². The molecule has 1 aliphatic rings. The van der Waals surface area contributed by atoms with Crippen LogP contribution in [0, 0.1) is 0 Å². The number of rotatable bonds is 2. The van der Waals surface area contributed by atoms with Gasteiger partial charge < -0.3 is 10.8 Å². The van der Waals surface area contributed by atoms with Crippen molar-refractivity contribution >= 4 is 17.6 Å². The predicted octanol–water partition coefficient (Wildman–Crippen LogP) is 0.285. The minimum Gasteiger partial charge on any atom is -0.395 e. The fraction of sp³-hybridized carbons (Fsp3) is 0.333. The Balaban J connectivity index is 2.31. The zero-order chi connectivity index (χ0) is 11.7. The first-order chi connectivity index (χ1) is 7.61. The van der Waals surface area contributed by atoms with Crippen LogP contribution in [0.4, 0.5) is 10.2 Å². The van der Waals surface area contributed by atoms with E-state index in [-0.39, 0.29) is 12.4 Å². The van der Waals surface area contributed by atoms with Crippen LogP contribution >= 0.6 is 11.8 Å². The van der Waals surface area contributed by atoms with Crippen molar-refractivity contribution in [3.8, 4) is 0 Å². The quantitative estimate of drug-likeness (QED) is 0.780. The summed E-state index contributed by atoms with van der Waals surface area (Å²) >= 11 is 1.16. The van der Waals surface area contributed by atoms with Crippen LogP contribution in [-0.2, 0) is 0 Å². The van der Waals surface area contributed by atoms with Gasteiger partial charge in [-0.25, -0.2) is 9.18 Å². The van der Waals surface area contributed by atoms with Gasteiger partial charge in [-0.2, -0.15) is 4.98 Å². The zero-order valence-corrected chi connectivity index (χ0v) is 9.02. The molecular weight excluding hydrogens is 233 g/mol. The first kappa shape index (κ1) is 11.2. The van der Waals surface area contributed by atoms with Gasteiger partial charge in [0.25, 0.3) is 0 Å². The third-order valence-corrected chi connectivity index (χ3v) is 3.55. The molecule has 3 N–H and O–H groups in total. The smallest absolute Gasteiger partial charge is 0.350 e. The van der Waals surface area contributed by atoms with Gasteiger partial charge in [-0.3, -0.25) is 4.57 Å². The van der Waals surface area contributed by atoms with Crippen LogP contribution in [0.1, 0.15) is 5.37 Å². The molecule has 0 saturated carbocycles. The second-order valence-electron chi connectivity index (χ2n) is 3.29. The van der Waals surface area contributed by atoms with E-state index in [0.717, 1.165) is 11.8 Å². The molecule has 1 aliphatic heterocycles. The Labute approximate surface area is 94.8 Å². The van der Waals surface area contributed by atoms with Gasteiger partial charge in [0, 0.05) is 6.20 Å². The Hall–Kier alpha value is -1.34. The normalized spacial score (nSPS) is 24.5. The maximum absolute atomic E-state index is 13.3. The topological polar surface area (TPSA) is 81.1 Å². The average molecular weight is 243 g/mol. The lowest BCUT2D eigenvalue weighted by Gasteiger charge is -2.12. The van der Waals surface area contributed by atoms with Crippen molar-refractivity contribution in [2.75, 3.05) is 12.3 Å². The van der Waals surface area contributed by atoms with E-state index in [1.165, 1.54) is 22.9 Å². The minimum absolute atomic E-state index is 0.132. The van der Waals surface area contributed by atoms with Gasteiger partial charge in [-0.05, 0) is 12.1 Å². The summed E-state index contributed by atoms with van der Waals surface area (Å²) < 4.78 is 14.5. The number of aliphatic hydroxyl groups excluding tert-OH is 1. The molecule has 2 rings (SSSR count). The van der Waals surface area contributed by atoms with E-state index >= 15 is 0 Å². The largest absolute Gasteiger partial charge is 0.395 e. The summed E-state index contributed by atoms with van der Waals surface area (Å²) in [6.07, 6.45) is 2.76. The number of thioether (sulfide) groups is 1. The molecule has 0 aromatic carbocycles. The van der Waals surface area contributed by atoms with Crippen molar-refractivity contribution in [1.29, 1.82) is 0 Å². The molecule has 0 aliphatic carbocycles. The van der Waals surface area contributed by atoms with Crippen LogP contribution in [0.15, 0.2) is 29.0 Å². The molecule has 0 unspecified atom stereocenters. The second-order valence-corrected chi connectivity index (χ2v) is 4.62. The van der Waals surface area contributed by atoms with Crippen LogP contribution in [0.25, 0.3) is 0 Å². The molecule has 0 bridgehead atoms. The lowest BCUT2D eigenvalue weighted by molar-refractivity contribution is 0.295. The monoisotopic (exact) mass is 243 g/mol. The maximum atomic E-state index is 13.3. The molecule has 16 heavy (non-hydrogen) atoms. The summed E-state index contributed by atoms with van der Waals surface area (Å²) in [5.41, 5.74) is 4.82. The molecule has 86 valence electrons. The lowest BCUT2D eigenvalue weighted by Crippen LogP contribution is -2.24. The summed E-state index contributed by atoms with van der Waals surface area (Å²) in [7, 11) is 0. The van der Waals surface area contributed by atoms with E-state index in [4.69, 9.17) is 10.8 Å². The number of anilines is 1. The van der Waals surface area contributed by atoms with Crippen LogP contribution < -0.4 is 11.4 Å². The predicted molar refractivity (Wildman–Crippen MR) is 59.6 cm³/mol. The van der Waals surface area contributed by atoms with Crippen molar-refractivity contribution < 1.29 is 9.50 Å². The summed E-state index contributed by atoms with van der Waals surface area (Å²) in [5.74, 6) is -0.284. The molecule has 2 atom stereocenters. The SMILES string of the molecule is Nc1ccn([C@H]2C=C(F)[C@@H](CO)S2)c(=O)n1. The number of aromatic nitrogens is 2. The molecule has 2 heterocycles. The Morgan fingerprint density at radius 3 is 3.00 bits per heavy atom.